The minimum atomic E-state index is -3.33. The van der Waals surface area contributed by atoms with Gasteiger partial charge < -0.3 is 5.32 Å². The van der Waals surface area contributed by atoms with E-state index in [-0.39, 0.29) is 5.91 Å². The van der Waals surface area contributed by atoms with E-state index in [0.29, 0.717) is 17.8 Å². The number of rotatable bonds is 5. The molecule has 0 unspecified atom stereocenters. The Bertz CT molecular complexity index is 823. The standard InChI is InChI=1S/C18H22N2O3S/c1-5-20(24(4,22)23)16-11-9-15(10-12-16)18(21)19-17-13(2)7-6-8-14(17)3/h6-12H,5H2,1-4H3,(H,19,21). The number of carbonyl (C=O) groups is 1. The smallest absolute Gasteiger partial charge is 0.255 e. The molecule has 2 aromatic rings. The molecule has 0 saturated heterocycles. The second kappa shape index (κ2) is 7.05. The van der Waals surface area contributed by atoms with Crippen LogP contribution >= 0.6 is 0 Å². The van der Waals surface area contributed by atoms with E-state index in [1.807, 2.05) is 32.0 Å². The molecule has 24 heavy (non-hydrogen) atoms. The van der Waals surface area contributed by atoms with Crippen LogP contribution in [-0.2, 0) is 10.0 Å². The van der Waals surface area contributed by atoms with Crippen LogP contribution in [0.25, 0.3) is 0 Å². The number of para-hydroxylation sites is 1. The first-order valence-electron chi connectivity index (χ1n) is 7.69. The molecule has 0 radical (unpaired) electrons. The molecule has 0 aliphatic rings. The largest absolute Gasteiger partial charge is 0.322 e. The number of sulfonamides is 1. The number of benzene rings is 2. The van der Waals surface area contributed by atoms with E-state index in [0.717, 1.165) is 23.1 Å². The monoisotopic (exact) mass is 346 g/mol. The lowest BCUT2D eigenvalue weighted by Gasteiger charge is -2.20. The van der Waals surface area contributed by atoms with Crippen LogP contribution in [0.4, 0.5) is 11.4 Å². The van der Waals surface area contributed by atoms with Gasteiger partial charge in [0.15, 0.2) is 0 Å². The molecule has 5 nitrogen and oxygen atoms in total. The van der Waals surface area contributed by atoms with E-state index in [9.17, 15) is 13.2 Å². The summed E-state index contributed by atoms with van der Waals surface area (Å²) in [6, 6.07) is 12.4. The number of amides is 1. The van der Waals surface area contributed by atoms with Gasteiger partial charge in [-0.2, -0.15) is 0 Å². The summed E-state index contributed by atoms with van der Waals surface area (Å²) >= 11 is 0. The predicted molar refractivity (Wildman–Crippen MR) is 98.2 cm³/mol. The van der Waals surface area contributed by atoms with E-state index >= 15 is 0 Å². The lowest BCUT2D eigenvalue weighted by molar-refractivity contribution is 0.102. The van der Waals surface area contributed by atoms with Gasteiger partial charge in [-0.3, -0.25) is 9.10 Å². The molecule has 0 aromatic heterocycles. The molecular weight excluding hydrogens is 324 g/mol. The molecule has 128 valence electrons. The van der Waals surface area contributed by atoms with E-state index in [1.54, 1.807) is 31.2 Å². The Morgan fingerprint density at radius 1 is 1.04 bits per heavy atom. The fourth-order valence-corrected chi connectivity index (χ4v) is 3.56. The molecule has 0 fully saturated rings. The number of aryl methyl sites for hydroxylation is 2. The summed E-state index contributed by atoms with van der Waals surface area (Å²) in [5.41, 5.74) is 3.82. The number of hydrogen-bond donors (Lipinski definition) is 1. The van der Waals surface area contributed by atoms with E-state index in [2.05, 4.69) is 5.32 Å². The Labute approximate surface area is 143 Å². The summed E-state index contributed by atoms with van der Waals surface area (Å²) in [6.07, 6.45) is 1.16. The molecule has 2 aromatic carbocycles. The first-order valence-corrected chi connectivity index (χ1v) is 9.54. The van der Waals surface area contributed by atoms with E-state index < -0.39 is 10.0 Å². The summed E-state index contributed by atoms with van der Waals surface area (Å²) in [5, 5.41) is 2.92. The molecule has 0 saturated carbocycles. The molecule has 0 atom stereocenters. The fraction of sp³-hybridized carbons (Fsp3) is 0.278. The van der Waals surface area contributed by atoms with Gasteiger partial charge in [-0.1, -0.05) is 18.2 Å². The number of nitrogens with zero attached hydrogens (tertiary/aromatic N) is 1. The van der Waals surface area contributed by atoms with Crippen LogP contribution in [0, 0.1) is 13.8 Å². The van der Waals surface area contributed by atoms with Crippen LogP contribution in [0.15, 0.2) is 42.5 Å². The van der Waals surface area contributed by atoms with Gasteiger partial charge in [0, 0.05) is 17.8 Å². The van der Waals surface area contributed by atoms with Crippen LogP contribution in [0.3, 0.4) is 0 Å². The Balaban J connectivity index is 2.23. The van der Waals surface area contributed by atoms with Gasteiger partial charge in [-0.25, -0.2) is 8.42 Å². The molecule has 1 amide bonds. The van der Waals surface area contributed by atoms with Crippen molar-refractivity contribution < 1.29 is 13.2 Å². The van der Waals surface area contributed by atoms with Crippen molar-refractivity contribution in [1.82, 2.24) is 0 Å². The summed E-state index contributed by atoms with van der Waals surface area (Å²) in [5.74, 6) is -0.221. The molecule has 0 aliphatic heterocycles. The van der Waals surface area contributed by atoms with Crippen molar-refractivity contribution in [2.45, 2.75) is 20.8 Å². The van der Waals surface area contributed by atoms with Crippen LogP contribution in [0.2, 0.25) is 0 Å². The van der Waals surface area contributed by atoms with E-state index in [4.69, 9.17) is 0 Å². The Morgan fingerprint density at radius 2 is 1.58 bits per heavy atom. The zero-order chi connectivity index (χ0) is 17.9. The highest BCUT2D eigenvalue weighted by atomic mass is 32.2. The highest BCUT2D eigenvalue weighted by Gasteiger charge is 2.16. The average molecular weight is 346 g/mol. The third-order valence-electron chi connectivity index (χ3n) is 3.82. The predicted octanol–water partition coefficient (Wildman–Crippen LogP) is 3.34. The van der Waals surface area contributed by atoms with Gasteiger partial charge in [0.05, 0.1) is 11.9 Å². The van der Waals surface area contributed by atoms with Gasteiger partial charge in [-0.15, -0.1) is 0 Å². The first kappa shape index (κ1) is 18.0. The second-order valence-electron chi connectivity index (χ2n) is 5.70. The van der Waals surface area contributed by atoms with Gasteiger partial charge in [0.1, 0.15) is 0 Å². The van der Waals surface area contributed by atoms with Crippen molar-refractivity contribution in [3.05, 3.63) is 59.2 Å². The molecule has 6 heteroatoms. The van der Waals surface area contributed by atoms with Gasteiger partial charge in [-0.05, 0) is 56.2 Å². The van der Waals surface area contributed by atoms with Crippen molar-refractivity contribution in [3.8, 4) is 0 Å². The number of nitrogens with one attached hydrogen (secondary N) is 1. The third kappa shape index (κ3) is 3.94. The maximum Gasteiger partial charge on any atom is 0.255 e. The summed E-state index contributed by atoms with van der Waals surface area (Å²) in [4.78, 5) is 12.4. The zero-order valence-electron chi connectivity index (χ0n) is 14.3. The normalized spacial score (nSPS) is 11.2. The number of hydrogen-bond acceptors (Lipinski definition) is 3. The Hall–Kier alpha value is -2.34. The molecule has 0 bridgehead atoms. The van der Waals surface area contributed by atoms with Crippen molar-refractivity contribution >= 4 is 27.3 Å². The Morgan fingerprint density at radius 3 is 2.04 bits per heavy atom. The highest BCUT2D eigenvalue weighted by Crippen LogP contribution is 2.22. The van der Waals surface area contributed by atoms with Crippen LogP contribution in [0.5, 0.6) is 0 Å². The highest BCUT2D eigenvalue weighted by molar-refractivity contribution is 7.92. The fourth-order valence-electron chi connectivity index (χ4n) is 2.58. The lowest BCUT2D eigenvalue weighted by Crippen LogP contribution is -2.29. The molecule has 0 spiro atoms. The molecule has 0 aliphatic carbocycles. The SMILES string of the molecule is CCN(c1ccc(C(=O)Nc2c(C)cccc2C)cc1)S(C)(=O)=O. The first-order chi connectivity index (χ1) is 11.2. The van der Waals surface area contributed by atoms with Crippen molar-refractivity contribution in [3.63, 3.8) is 0 Å². The third-order valence-corrected chi connectivity index (χ3v) is 5.09. The molecule has 0 heterocycles. The van der Waals surface area contributed by atoms with Crippen molar-refractivity contribution in [1.29, 1.82) is 0 Å². The maximum atomic E-state index is 12.4. The van der Waals surface area contributed by atoms with Crippen molar-refractivity contribution in [2.24, 2.45) is 0 Å². The topological polar surface area (TPSA) is 66.5 Å². The molecule has 1 N–H and O–H groups in total. The molecule has 2 rings (SSSR count). The maximum absolute atomic E-state index is 12.4. The summed E-state index contributed by atoms with van der Waals surface area (Å²) in [6.45, 7) is 5.99. The average Bonchev–Trinajstić information content (AvgIpc) is 2.51. The number of carbonyl (C=O) groups excluding carboxylic acids is 1. The summed E-state index contributed by atoms with van der Waals surface area (Å²) < 4.78 is 24.8. The lowest BCUT2D eigenvalue weighted by atomic mass is 10.1. The van der Waals surface area contributed by atoms with Crippen molar-refractivity contribution in [2.75, 3.05) is 22.4 Å². The molecular formula is C18H22N2O3S. The van der Waals surface area contributed by atoms with Gasteiger partial charge in [0.2, 0.25) is 10.0 Å². The zero-order valence-corrected chi connectivity index (χ0v) is 15.1. The van der Waals surface area contributed by atoms with Crippen LogP contribution in [-0.4, -0.2) is 27.1 Å². The van der Waals surface area contributed by atoms with Crippen LogP contribution < -0.4 is 9.62 Å². The second-order valence-corrected chi connectivity index (χ2v) is 7.60. The quantitative estimate of drug-likeness (QED) is 0.903. The number of anilines is 2. The van der Waals surface area contributed by atoms with Gasteiger partial charge in [0.25, 0.3) is 5.91 Å². The minimum Gasteiger partial charge on any atom is -0.322 e. The summed E-state index contributed by atoms with van der Waals surface area (Å²) in [7, 11) is -3.33. The van der Waals surface area contributed by atoms with Gasteiger partial charge >= 0.3 is 0 Å². The minimum absolute atomic E-state index is 0.221. The van der Waals surface area contributed by atoms with E-state index in [1.165, 1.54) is 4.31 Å². The van der Waals surface area contributed by atoms with Crippen LogP contribution in [0.1, 0.15) is 28.4 Å². The Kier molecular flexibility index (Phi) is 5.29.